The molecule has 0 amide bonds. The van der Waals surface area contributed by atoms with Crippen molar-refractivity contribution in [2.24, 2.45) is 0 Å². The van der Waals surface area contributed by atoms with Crippen molar-refractivity contribution in [3.8, 4) is 22.3 Å². The lowest BCUT2D eigenvalue weighted by molar-refractivity contribution is 0.961. The first-order valence-corrected chi connectivity index (χ1v) is 12.6. The van der Waals surface area contributed by atoms with Gasteiger partial charge in [0.15, 0.2) is 0 Å². The number of aromatic nitrogens is 1. The Labute approximate surface area is 204 Å². The average Bonchev–Trinajstić information content (AvgIpc) is 3.47. The van der Waals surface area contributed by atoms with E-state index in [1.54, 1.807) is 0 Å². The maximum absolute atomic E-state index is 4.85. The fourth-order valence-corrected chi connectivity index (χ4v) is 7.18. The lowest BCUT2D eigenvalue weighted by Gasteiger charge is -2.40. The first kappa shape index (κ1) is 18.2. The molecule has 2 nitrogen and oxygen atoms in total. The maximum atomic E-state index is 4.85. The number of pyridine rings is 1. The van der Waals surface area contributed by atoms with Crippen LogP contribution in [-0.4, -0.2) is 4.98 Å². The number of rotatable bonds is 0. The van der Waals surface area contributed by atoms with Crippen LogP contribution < -0.4 is 4.90 Å². The number of anilines is 3. The van der Waals surface area contributed by atoms with Crippen LogP contribution in [0.4, 0.5) is 17.1 Å². The van der Waals surface area contributed by atoms with Crippen molar-refractivity contribution in [2.75, 3.05) is 4.90 Å². The number of nitrogens with zero attached hydrogens (tertiary/aromatic N) is 2. The molecule has 4 aromatic carbocycles. The van der Waals surface area contributed by atoms with E-state index >= 15 is 0 Å². The zero-order valence-corrected chi connectivity index (χ0v) is 19.3. The fourth-order valence-electron chi connectivity index (χ4n) is 7.18. The van der Waals surface area contributed by atoms with Crippen molar-refractivity contribution >= 4 is 17.1 Å². The van der Waals surface area contributed by atoms with Gasteiger partial charge in [-0.25, -0.2) is 0 Å². The molecule has 0 bridgehead atoms. The van der Waals surface area contributed by atoms with Crippen molar-refractivity contribution in [1.82, 2.24) is 4.98 Å². The van der Waals surface area contributed by atoms with Crippen LogP contribution in [0.3, 0.4) is 0 Å². The standard InChI is InChI=1S/C33H22N2/c1-3-8-23-20(7-1)15-26-25(23)16-22-17-29-31(10-5-13-34-29)35-30-12-11-21-14-19-6-2-4-9-24(19)32(21)28(30)18-27(26)33(22)35/h1-13,16H,14-15,17-18H2. The summed E-state index contributed by atoms with van der Waals surface area (Å²) in [6.07, 6.45) is 5.90. The van der Waals surface area contributed by atoms with Crippen LogP contribution in [0.2, 0.25) is 0 Å². The summed E-state index contributed by atoms with van der Waals surface area (Å²) in [6.45, 7) is 0. The second-order valence-corrected chi connectivity index (χ2v) is 10.3. The minimum absolute atomic E-state index is 0.896. The van der Waals surface area contributed by atoms with Gasteiger partial charge in [-0.3, -0.25) is 4.98 Å². The lowest BCUT2D eigenvalue weighted by atomic mass is 9.81. The Hall–Kier alpha value is -4.17. The van der Waals surface area contributed by atoms with E-state index in [0.29, 0.717) is 0 Å². The molecule has 0 spiro atoms. The third-order valence-corrected chi connectivity index (χ3v) is 8.60. The zero-order chi connectivity index (χ0) is 22.7. The van der Waals surface area contributed by atoms with Gasteiger partial charge in [0.1, 0.15) is 0 Å². The van der Waals surface area contributed by atoms with Gasteiger partial charge in [-0.2, -0.15) is 0 Å². The summed E-state index contributed by atoms with van der Waals surface area (Å²) >= 11 is 0. The molecule has 2 aliphatic carbocycles. The minimum atomic E-state index is 0.896. The van der Waals surface area contributed by atoms with Gasteiger partial charge in [0, 0.05) is 19.0 Å². The topological polar surface area (TPSA) is 16.1 Å². The summed E-state index contributed by atoms with van der Waals surface area (Å²) in [6, 6.07) is 29.5. The molecule has 3 heterocycles. The van der Waals surface area contributed by atoms with Crippen LogP contribution in [0.5, 0.6) is 0 Å². The van der Waals surface area contributed by atoms with Crippen molar-refractivity contribution in [3.63, 3.8) is 0 Å². The number of hydrogen-bond acceptors (Lipinski definition) is 2. The van der Waals surface area contributed by atoms with Crippen LogP contribution in [0, 0.1) is 0 Å². The predicted molar refractivity (Wildman–Crippen MR) is 141 cm³/mol. The molecular weight excluding hydrogens is 424 g/mol. The summed E-state index contributed by atoms with van der Waals surface area (Å²) < 4.78 is 0. The quantitative estimate of drug-likeness (QED) is 0.240. The Morgan fingerprint density at radius 3 is 2.29 bits per heavy atom. The maximum Gasteiger partial charge on any atom is 0.0688 e. The molecule has 0 radical (unpaired) electrons. The van der Waals surface area contributed by atoms with Crippen LogP contribution in [0.25, 0.3) is 22.3 Å². The average molecular weight is 447 g/mol. The molecule has 2 heteroatoms. The van der Waals surface area contributed by atoms with Gasteiger partial charge in [0.2, 0.25) is 0 Å². The van der Waals surface area contributed by atoms with Gasteiger partial charge in [0.25, 0.3) is 0 Å². The highest BCUT2D eigenvalue weighted by Crippen LogP contribution is 2.56. The number of hydrogen-bond donors (Lipinski definition) is 0. The van der Waals surface area contributed by atoms with Crippen molar-refractivity contribution in [3.05, 3.63) is 130 Å². The zero-order valence-electron chi connectivity index (χ0n) is 19.3. The molecule has 0 N–H and O–H groups in total. The minimum Gasteiger partial charge on any atom is -0.308 e. The highest BCUT2D eigenvalue weighted by molar-refractivity contribution is 5.97. The van der Waals surface area contributed by atoms with E-state index in [4.69, 9.17) is 4.98 Å². The molecule has 0 atom stereocenters. The molecule has 0 saturated carbocycles. The Morgan fingerprint density at radius 2 is 1.37 bits per heavy atom. The highest BCUT2D eigenvalue weighted by Gasteiger charge is 2.38. The summed E-state index contributed by atoms with van der Waals surface area (Å²) in [4.78, 5) is 7.39. The lowest BCUT2D eigenvalue weighted by Crippen LogP contribution is -2.26. The van der Waals surface area contributed by atoms with Crippen LogP contribution >= 0.6 is 0 Å². The Balaban J connectivity index is 1.38. The first-order valence-electron chi connectivity index (χ1n) is 12.6. The molecule has 164 valence electrons. The Morgan fingerprint density at radius 1 is 0.543 bits per heavy atom. The summed E-state index contributed by atoms with van der Waals surface area (Å²) in [5.41, 5.74) is 21.2. The van der Waals surface area contributed by atoms with Crippen molar-refractivity contribution in [2.45, 2.75) is 25.7 Å². The van der Waals surface area contributed by atoms with Crippen LogP contribution in [0.1, 0.15) is 44.6 Å². The normalized spacial score (nSPS) is 14.9. The van der Waals surface area contributed by atoms with E-state index in [1.807, 2.05) is 6.20 Å². The second kappa shape index (κ2) is 6.28. The second-order valence-electron chi connectivity index (χ2n) is 10.3. The molecular formula is C33H22N2. The van der Waals surface area contributed by atoms with Crippen LogP contribution in [-0.2, 0) is 25.7 Å². The summed E-state index contributed by atoms with van der Waals surface area (Å²) in [5, 5.41) is 0. The van der Waals surface area contributed by atoms with E-state index < -0.39 is 0 Å². The highest BCUT2D eigenvalue weighted by atomic mass is 15.2. The van der Waals surface area contributed by atoms with Crippen molar-refractivity contribution < 1.29 is 0 Å². The van der Waals surface area contributed by atoms with Crippen molar-refractivity contribution in [1.29, 1.82) is 0 Å². The Bertz CT molecular complexity index is 1760. The van der Waals surface area contributed by atoms with Gasteiger partial charge in [-0.05, 0) is 98.3 Å². The van der Waals surface area contributed by atoms with E-state index in [9.17, 15) is 0 Å². The molecule has 0 fully saturated rings. The van der Waals surface area contributed by atoms with E-state index in [-0.39, 0.29) is 0 Å². The first-order chi connectivity index (χ1) is 17.3. The van der Waals surface area contributed by atoms with Crippen LogP contribution in [0.15, 0.2) is 85.1 Å². The largest absolute Gasteiger partial charge is 0.308 e. The Kier molecular flexibility index (Phi) is 3.27. The number of benzene rings is 4. The molecule has 4 aliphatic rings. The molecule has 1 aromatic heterocycles. The molecule has 35 heavy (non-hydrogen) atoms. The van der Waals surface area contributed by atoms with Gasteiger partial charge >= 0.3 is 0 Å². The summed E-state index contributed by atoms with van der Waals surface area (Å²) in [7, 11) is 0. The molecule has 0 saturated heterocycles. The van der Waals surface area contributed by atoms with Gasteiger partial charge in [-0.1, -0.05) is 54.6 Å². The van der Waals surface area contributed by atoms with Gasteiger partial charge < -0.3 is 4.90 Å². The third kappa shape index (κ3) is 2.23. The molecule has 0 unspecified atom stereocenters. The monoisotopic (exact) mass is 446 g/mol. The summed E-state index contributed by atoms with van der Waals surface area (Å²) in [5.74, 6) is 0. The molecule has 9 rings (SSSR count). The fraction of sp³-hybridized carbons (Fsp3) is 0.121. The predicted octanol–water partition coefficient (Wildman–Crippen LogP) is 7.50. The van der Waals surface area contributed by atoms with Gasteiger partial charge in [0.05, 0.1) is 22.8 Å². The van der Waals surface area contributed by atoms with E-state index in [0.717, 1.165) is 25.7 Å². The molecule has 2 aliphatic heterocycles. The smallest absolute Gasteiger partial charge is 0.0688 e. The SMILES string of the molecule is c1ccc2c(c1)Cc1c-2cc2c3c1Cc1c(ccc4c1-c1ccccc1C4)N3c1cccnc1C2. The van der Waals surface area contributed by atoms with E-state index in [2.05, 4.69) is 83.8 Å². The third-order valence-electron chi connectivity index (χ3n) is 8.60. The number of fused-ring (bicyclic) bond motifs is 12. The van der Waals surface area contributed by atoms with E-state index in [1.165, 1.54) is 84.0 Å². The van der Waals surface area contributed by atoms with Gasteiger partial charge in [-0.15, -0.1) is 0 Å². The molecule has 5 aromatic rings.